The Morgan fingerprint density at radius 2 is 1.59 bits per heavy atom. The molecule has 0 bridgehead atoms. The number of ketones is 1. The van der Waals surface area contributed by atoms with Gasteiger partial charge >= 0.3 is 104 Å². The minimum Gasteiger partial charge on any atom is -1.00 e. The first-order valence-electron chi connectivity index (χ1n) is 5.49. The molecule has 1 unspecified atom stereocenters. The van der Waals surface area contributed by atoms with Crippen molar-refractivity contribution in [2.75, 3.05) is 12.5 Å². The largest absolute Gasteiger partial charge is 1.00 e. The zero-order chi connectivity index (χ0) is 12.3. The summed E-state index contributed by atoms with van der Waals surface area (Å²) in [7, 11) is 0.180. The molecule has 0 heterocycles. The van der Waals surface area contributed by atoms with Crippen molar-refractivity contribution in [3.8, 4) is 0 Å². The van der Waals surface area contributed by atoms with Crippen molar-refractivity contribution < 1.29 is 17.2 Å². The number of halogens is 1. The fourth-order valence-corrected chi connectivity index (χ4v) is 14.9. The van der Waals surface area contributed by atoms with E-state index in [1.165, 1.54) is 0 Å². The fraction of sp³-hybridized carbons (Fsp3) is 0.462. The van der Waals surface area contributed by atoms with Gasteiger partial charge in [0.1, 0.15) is 0 Å². The second-order valence-electron chi connectivity index (χ2n) is 5.36. The summed E-state index contributed by atoms with van der Waals surface area (Å²) >= 11 is -1.94. The van der Waals surface area contributed by atoms with Gasteiger partial charge in [-0.15, -0.1) is 0 Å². The third-order valence-corrected chi connectivity index (χ3v) is 14.2. The van der Waals surface area contributed by atoms with Gasteiger partial charge in [0.05, 0.1) is 0 Å². The SMILES string of the molecule is C[S+](C)[CH](C(=O)c1ccccc1)[Ge]([CH3])([CH3])[CH3].[Cl-]. The van der Waals surface area contributed by atoms with Crippen LogP contribution in [0.4, 0.5) is 0 Å². The normalized spacial score (nSPS) is 13.1. The van der Waals surface area contributed by atoms with Crippen LogP contribution in [0.25, 0.3) is 0 Å². The van der Waals surface area contributed by atoms with Crippen LogP contribution in [0.5, 0.6) is 0 Å². The van der Waals surface area contributed by atoms with E-state index in [0.717, 1.165) is 5.56 Å². The summed E-state index contributed by atoms with van der Waals surface area (Å²) in [6.07, 6.45) is 4.39. The number of hydrogen-bond acceptors (Lipinski definition) is 1. The summed E-state index contributed by atoms with van der Waals surface area (Å²) in [5.74, 6) is 7.36. The van der Waals surface area contributed by atoms with Crippen molar-refractivity contribution in [3.63, 3.8) is 0 Å². The van der Waals surface area contributed by atoms with Gasteiger partial charge in [-0.05, 0) is 0 Å². The molecule has 4 heteroatoms. The van der Waals surface area contributed by atoms with E-state index in [0.29, 0.717) is 9.87 Å². The van der Waals surface area contributed by atoms with Gasteiger partial charge in [-0.25, -0.2) is 0 Å². The molecule has 0 fully saturated rings. The molecule has 0 aliphatic carbocycles. The molecule has 0 saturated carbocycles. The van der Waals surface area contributed by atoms with Crippen molar-refractivity contribution in [3.05, 3.63) is 35.9 Å². The van der Waals surface area contributed by atoms with Crippen molar-refractivity contribution in [1.29, 1.82) is 0 Å². The zero-order valence-electron chi connectivity index (χ0n) is 11.2. The summed E-state index contributed by atoms with van der Waals surface area (Å²) in [5, 5.41) is 0. The average molecular weight is 333 g/mol. The van der Waals surface area contributed by atoms with Gasteiger partial charge in [-0.2, -0.15) is 0 Å². The Morgan fingerprint density at radius 1 is 1.12 bits per heavy atom. The van der Waals surface area contributed by atoms with Crippen molar-refractivity contribution in [2.24, 2.45) is 0 Å². The van der Waals surface area contributed by atoms with Gasteiger partial charge < -0.3 is 12.4 Å². The maximum Gasteiger partial charge on any atom is -1.00 e. The molecule has 1 aromatic rings. The molecule has 0 aliphatic rings. The molecular weight excluding hydrogens is 312 g/mol. The summed E-state index contributed by atoms with van der Waals surface area (Å²) in [6.45, 7) is 0. The van der Waals surface area contributed by atoms with E-state index >= 15 is 0 Å². The van der Waals surface area contributed by atoms with Crippen molar-refractivity contribution >= 4 is 29.9 Å². The van der Waals surface area contributed by atoms with Crippen LogP contribution >= 0.6 is 0 Å². The molecule has 0 spiro atoms. The number of carbonyl (C=O) groups excluding carboxylic acids is 1. The van der Waals surface area contributed by atoms with E-state index in [4.69, 9.17) is 0 Å². The first-order chi connectivity index (χ1) is 7.34. The van der Waals surface area contributed by atoms with Crippen LogP contribution in [0, 0.1) is 0 Å². The van der Waals surface area contributed by atoms with E-state index in [1.807, 2.05) is 30.3 Å². The Labute approximate surface area is 116 Å². The number of Topliss-reactive ketones (excluding diaryl/α,β-unsaturated/α-hetero) is 1. The first-order valence-corrected chi connectivity index (χ1v) is 15.1. The van der Waals surface area contributed by atoms with Crippen LogP contribution in [0.1, 0.15) is 10.4 Å². The molecular formula is C13H21ClGeOS. The molecule has 0 radical (unpaired) electrons. The van der Waals surface area contributed by atoms with Crippen LogP contribution in [0.2, 0.25) is 17.3 Å². The number of hydrogen-bond donors (Lipinski definition) is 0. The summed E-state index contributed by atoms with van der Waals surface area (Å²) in [6, 6.07) is 9.74. The van der Waals surface area contributed by atoms with E-state index in [1.54, 1.807) is 0 Å². The minimum absolute atomic E-state index is 0. The minimum atomic E-state index is -1.94. The smallest absolute Gasteiger partial charge is 1.00 e. The standard InChI is InChI=1S/C13H21GeOS.ClH/c1-14(2,3)13(16(4)5)12(15)11-9-7-6-8-10-11;/h6-10,13H,1-5H3;1H/q+1;/p-1. The quantitative estimate of drug-likeness (QED) is 0.431. The molecule has 1 atom stereocenters. The predicted molar refractivity (Wildman–Crippen MR) is 77.1 cm³/mol. The van der Waals surface area contributed by atoms with Gasteiger partial charge in [-0.1, -0.05) is 0 Å². The maximum absolute atomic E-state index is 12.5. The number of benzene rings is 1. The number of rotatable bonds is 4. The molecule has 0 aliphatic heterocycles. The fourth-order valence-electron chi connectivity index (χ4n) is 2.07. The number of carbonyl (C=O) groups is 1. The van der Waals surface area contributed by atoms with Gasteiger partial charge in [-0.3, -0.25) is 0 Å². The second kappa shape index (κ2) is 6.86. The molecule has 0 aromatic heterocycles. The Hall–Kier alpha value is 0.0729. The second-order valence-corrected chi connectivity index (χ2v) is 19.6. The van der Waals surface area contributed by atoms with Gasteiger partial charge in [0, 0.05) is 0 Å². The van der Waals surface area contributed by atoms with Crippen LogP contribution < -0.4 is 12.4 Å². The summed E-state index contributed by atoms with van der Waals surface area (Å²) in [4.78, 5) is 12.5. The van der Waals surface area contributed by atoms with Gasteiger partial charge in [0.2, 0.25) is 0 Å². The van der Waals surface area contributed by atoms with Crippen LogP contribution in [0.15, 0.2) is 30.3 Å². The average Bonchev–Trinajstić information content (AvgIpc) is 2.16. The van der Waals surface area contributed by atoms with Gasteiger partial charge in [0.25, 0.3) is 0 Å². The molecule has 96 valence electrons. The maximum atomic E-state index is 12.5. The van der Waals surface area contributed by atoms with Gasteiger partial charge in [0.15, 0.2) is 0 Å². The molecule has 1 rings (SSSR count). The summed E-state index contributed by atoms with van der Waals surface area (Å²) < 4.78 is 0.294. The van der Waals surface area contributed by atoms with E-state index in [-0.39, 0.29) is 23.3 Å². The molecule has 0 N–H and O–H groups in total. The molecule has 0 amide bonds. The van der Waals surface area contributed by atoms with E-state index < -0.39 is 13.3 Å². The Bertz CT molecular complexity index is 359. The Kier molecular flexibility index (Phi) is 6.89. The predicted octanol–water partition coefficient (Wildman–Crippen LogP) is -0.00280. The van der Waals surface area contributed by atoms with Crippen LogP contribution in [-0.2, 0) is 10.9 Å². The first kappa shape index (κ1) is 17.1. The third kappa shape index (κ3) is 4.68. The molecule has 17 heavy (non-hydrogen) atoms. The molecule has 1 aromatic carbocycles. The topological polar surface area (TPSA) is 17.1 Å². The molecule has 0 saturated heterocycles. The zero-order valence-corrected chi connectivity index (χ0v) is 14.8. The molecule has 1 nitrogen and oxygen atoms in total. The van der Waals surface area contributed by atoms with E-state index in [2.05, 4.69) is 29.8 Å². The van der Waals surface area contributed by atoms with E-state index in [9.17, 15) is 4.79 Å². The van der Waals surface area contributed by atoms with Crippen molar-refractivity contribution in [2.45, 2.75) is 21.4 Å². The Balaban J connectivity index is 0.00000256. The van der Waals surface area contributed by atoms with Crippen LogP contribution in [0.3, 0.4) is 0 Å². The van der Waals surface area contributed by atoms with Crippen molar-refractivity contribution in [1.82, 2.24) is 0 Å². The third-order valence-electron chi connectivity index (χ3n) is 2.55. The summed E-state index contributed by atoms with van der Waals surface area (Å²) in [5.41, 5.74) is 0.884. The monoisotopic (exact) mass is 334 g/mol. The van der Waals surface area contributed by atoms with Crippen LogP contribution in [-0.4, -0.2) is 35.6 Å². The Morgan fingerprint density at radius 3 is 1.94 bits per heavy atom.